The quantitative estimate of drug-likeness (QED) is 0.602. The second-order valence-electron chi connectivity index (χ2n) is 4.65. The number of carbonyl (C=O) groups excluding carboxylic acids is 1. The number of hydrogen-bond acceptors (Lipinski definition) is 6. The summed E-state index contributed by atoms with van der Waals surface area (Å²) in [5, 5.41) is 12.8. The average Bonchev–Trinajstić information content (AvgIpc) is 2.90. The first-order valence-electron chi connectivity index (χ1n) is 6.48. The van der Waals surface area contributed by atoms with Gasteiger partial charge in [0.15, 0.2) is 6.61 Å². The van der Waals surface area contributed by atoms with E-state index in [9.17, 15) is 14.9 Å². The van der Waals surface area contributed by atoms with Gasteiger partial charge in [0.25, 0.3) is 5.91 Å². The van der Waals surface area contributed by atoms with Gasteiger partial charge in [0.1, 0.15) is 6.20 Å². The van der Waals surface area contributed by atoms with Crippen molar-refractivity contribution in [2.75, 3.05) is 13.7 Å². The minimum absolute atomic E-state index is 0.0124. The van der Waals surface area contributed by atoms with E-state index < -0.39 is 10.7 Å². The van der Waals surface area contributed by atoms with Crippen molar-refractivity contribution < 1.29 is 14.5 Å². The molecular formula is C14H15N3O4S. The first-order chi connectivity index (χ1) is 10.5. The molecule has 2 rings (SSSR count). The maximum Gasteiger partial charge on any atom is 0.406 e. The van der Waals surface area contributed by atoms with Crippen LogP contribution in [0.3, 0.4) is 0 Å². The molecule has 0 aliphatic rings. The summed E-state index contributed by atoms with van der Waals surface area (Å²) < 4.78 is 5.24. The van der Waals surface area contributed by atoms with Crippen LogP contribution in [0.15, 0.2) is 29.8 Å². The van der Waals surface area contributed by atoms with Gasteiger partial charge in [-0.25, -0.2) is 0 Å². The summed E-state index contributed by atoms with van der Waals surface area (Å²) >= 11 is 1.58. The maximum absolute atomic E-state index is 12.1. The lowest BCUT2D eigenvalue weighted by Gasteiger charge is -2.17. The summed E-state index contributed by atoms with van der Waals surface area (Å²) in [4.78, 5) is 28.5. The molecule has 22 heavy (non-hydrogen) atoms. The number of thiophene rings is 1. The smallest absolute Gasteiger partial charge is 0.406 e. The highest BCUT2D eigenvalue weighted by atomic mass is 32.1. The van der Waals surface area contributed by atoms with Crippen molar-refractivity contribution in [3.05, 3.63) is 50.3 Å². The summed E-state index contributed by atoms with van der Waals surface area (Å²) in [6, 6.07) is 4.93. The van der Waals surface area contributed by atoms with E-state index in [4.69, 9.17) is 4.74 Å². The van der Waals surface area contributed by atoms with Crippen LogP contribution in [0.4, 0.5) is 5.82 Å². The number of rotatable bonds is 6. The molecule has 1 amide bonds. The molecule has 2 heterocycles. The molecule has 0 saturated heterocycles. The van der Waals surface area contributed by atoms with E-state index in [1.165, 1.54) is 23.2 Å². The molecule has 0 saturated carbocycles. The monoisotopic (exact) mass is 321 g/mol. The van der Waals surface area contributed by atoms with Crippen LogP contribution in [0.5, 0.6) is 5.75 Å². The Morgan fingerprint density at radius 1 is 1.50 bits per heavy atom. The van der Waals surface area contributed by atoms with Gasteiger partial charge in [-0.05, 0) is 46.0 Å². The second-order valence-corrected chi connectivity index (χ2v) is 5.65. The Balaban J connectivity index is 1.95. The van der Waals surface area contributed by atoms with E-state index in [1.807, 2.05) is 18.4 Å². The lowest BCUT2D eigenvalue weighted by molar-refractivity contribution is -0.390. The van der Waals surface area contributed by atoms with Gasteiger partial charge in [-0.1, -0.05) is 0 Å². The van der Waals surface area contributed by atoms with Crippen molar-refractivity contribution in [3.63, 3.8) is 0 Å². The Bertz CT molecular complexity index is 686. The minimum Gasteiger partial charge on any atom is -0.476 e. The van der Waals surface area contributed by atoms with Crippen LogP contribution in [0, 0.1) is 17.0 Å². The molecule has 0 spiro atoms. The van der Waals surface area contributed by atoms with E-state index in [1.54, 1.807) is 18.4 Å². The number of pyridine rings is 1. The van der Waals surface area contributed by atoms with Crippen LogP contribution in [-0.2, 0) is 11.3 Å². The van der Waals surface area contributed by atoms with Crippen LogP contribution in [0.1, 0.15) is 10.4 Å². The molecule has 2 aromatic heterocycles. The average molecular weight is 321 g/mol. The third-order valence-electron chi connectivity index (χ3n) is 3.05. The van der Waals surface area contributed by atoms with Crippen LogP contribution in [0.25, 0.3) is 0 Å². The topological polar surface area (TPSA) is 85.6 Å². The van der Waals surface area contributed by atoms with Crippen LogP contribution < -0.4 is 4.74 Å². The van der Waals surface area contributed by atoms with Crippen molar-refractivity contribution in [2.45, 2.75) is 13.5 Å². The molecular weight excluding hydrogens is 306 g/mol. The van der Waals surface area contributed by atoms with E-state index in [-0.39, 0.29) is 18.3 Å². The van der Waals surface area contributed by atoms with E-state index in [0.29, 0.717) is 6.54 Å². The number of amides is 1. The lowest BCUT2D eigenvalue weighted by Crippen LogP contribution is -2.31. The summed E-state index contributed by atoms with van der Waals surface area (Å²) in [6.45, 7) is 2.20. The van der Waals surface area contributed by atoms with Gasteiger partial charge < -0.3 is 19.8 Å². The van der Waals surface area contributed by atoms with Crippen molar-refractivity contribution in [3.8, 4) is 5.75 Å². The highest BCUT2D eigenvalue weighted by Crippen LogP contribution is 2.23. The number of aryl methyl sites for hydroxylation is 1. The van der Waals surface area contributed by atoms with Gasteiger partial charge in [-0.2, -0.15) is 0 Å². The Morgan fingerprint density at radius 3 is 2.91 bits per heavy atom. The summed E-state index contributed by atoms with van der Waals surface area (Å²) in [7, 11) is 1.67. The first kappa shape index (κ1) is 15.9. The molecule has 0 aromatic carbocycles. The molecule has 0 N–H and O–H groups in total. The highest BCUT2D eigenvalue weighted by molar-refractivity contribution is 7.10. The van der Waals surface area contributed by atoms with Crippen LogP contribution >= 0.6 is 11.3 Å². The molecule has 0 atom stereocenters. The first-order valence-corrected chi connectivity index (χ1v) is 7.36. The Kier molecular flexibility index (Phi) is 5.05. The molecule has 7 nitrogen and oxygen atoms in total. The second kappa shape index (κ2) is 6.99. The third-order valence-corrected chi connectivity index (χ3v) is 4.06. The Hall–Kier alpha value is -2.48. The number of nitro groups is 1. The predicted molar refractivity (Wildman–Crippen MR) is 81.9 cm³/mol. The van der Waals surface area contributed by atoms with Gasteiger partial charge in [0.2, 0.25) is 5.75 Å². The van der Waals surface area contributed by atoms with Crippen molar-refractivity contribution >= 4 is 23.1 Å². The van der Waals surface area contributed by atoms with Gasteiger partial charge in [0, 0.05) is 11.9 Å². The fourth-order valence-electron chi connectivity index (χ4n) is 1.75. The van der Waals surface area contributed by atoms with Crippen molar-refractivity contribution in [1.29, 1.82) is 0 Å². The Labute approximate surface area is 131 Å². The van der Waals surface area contributed by atoms with Crippen LogP contribution in [-0.4, -0.2) is 34.4 Å². The molecule has 0 aliphatic heterocycles. The Morgan fingerprint density at radius 2 is 2.27 bits per heavy atom. The van der Waals surface area contributed by atoms with E-state index in [0.717, 1.165) is 10.4 Å². The standard InChI is InChI=1S/C14H15N3O4S/c1-10-5-7-22-12(10)8-16(2)13(18)9-21-11-4-3-6-15-14(11)17(19)20/h3-7H,8-9H2,1-2H3. The van der Waals surface area contributed by atoms with Gasteiger partial charge in [-0.3, -0.25) is 4.79 Å². The third kappa shape index (κ3) is 3.79. The predicted octanol–water partition coefficient (Wildman–Crippen LogP) is 2.40. The van der Waals surface area contributed by atoms with Gasteiger partial charge in [0.05, 0.1) is 6.54 Å². The van der Waals surface area contributed by atoms with Crippen molar-refractivity contribution in [1.82, 2.24) is 9.88 Å². The molecule has 0 aliphatic carbocycles. The van der Waals surface area contributed by atoms with Crippen molar-refractivity contribution in [2.24, 2.45) is 0 Å². The molecule has 0 unspecified atom stereocenters. The highest BCUT2D eigenvalue weighted by Gasteiger charge is 2.18. The zero-order chi connectivity index (χ0) is 16.1. The normalized spacial score (nSPS) is 10.3. The SMILES string of the molecule is Cc1ccsc1CN(C)C(=O)COc1cccnc1[N+](=O)[O-]. The summed E-state index contributed by atoms with van der Waals surface area (Å²) in [6.07, 6.45) is 1.30. The zero-order valence-electron chi connectivity index (χ0n) is 12.2. The number of ether oxygens (including phenoxy) is 1. The van der Waals surface area contributed by atoms with E-state index in [2.05, 4.69) is 4.98 Å². The number of nitrogens with zero attached hydrogens (tertiary/aromatic N) is 3. The largest absolute Gasteiger partial charge is 0.476 e. The zero-order valence-corrected chi connectivity index (χ0v) is 13.0. The molecule has 8 heteroatoms. The molecule has 0 radical (unpaired) electrons. The minimum atomic E-state index is -0.640. The molecule has 0 fully saturated rings. The molecule has 0 bridgehead atoms. The summed E-state index contributed by atoms with van der Waals surface area (Å²) in [5.41, 5.74) is 1.13. The summed E-state index contributed by atoms with van der Waals surface area (Å²) in [5.74, 6) is -0.667. The molecule has 2 aromatic rings. The fourth-order valence-corrected chi connectivity index (χ4v) is 2.71. The fraction of sp³-hybridized carbons (Fsp3) is 0.286. The number of carbonyl (C=O) groups is 1. The lowest BCUT2D eigenvalue weighted by atomic mass is 10.3. The number of aromatic nitrogens is 1. The van der Waals surface area contributed by atoms with Gasteiger partial charge in [-0.15, -0.1) is 11.3 Å². The number of likely N-dealkylation sites (N-methyl/N-ethyl adjacent to an activating group) is 1. The number of hydrogen-bond donors (Lipinski definition) is 0. The van der Waals surface area contributed by atoms with E-state index >= 15 is 0 Å². The van der Waals surface area contributed by atoms with Gasteiger partial charge >= 0.3 is 5.82 Å². The molecule has 116 valence electrons. The van der Waals surface area contributed by atoms with Crippen LogP contribution in [0.2, 0.25) is 0 Å². The maximum atomic E-state index is 12.1.